The van der Waals surface area contributed by atoms with Crippen molar-refractivity contribution in [3.05, 3.63) is 35.2 Å². The fourth-order valence-electron chi connectivity index (χ4n) is 2.20. The molecule has 3 rings (SSSR count). The molecule has 8 nitrogen and oxygen atoms in total. The van der Waals surface area contributed by atoms with E-state index >= 15 is 0 Å². The number of rotatable bonds is 3. The van der Waals surface area contributed by atoms with Crippen molar-refractivity contribution in [2.75, 3.05) is 6.61 Å². The Labute approximate surface area is 138 Å². The van der Waals surface area contributed by atoms with E-state index in [1.165, 1.54) is 18.2 Å². The number of nitrogens with zero attached hydrogens (tertiary/aromatic N) is 2. The molecule has 0 spiro atoms. The molecule has 0 saturated carbocycles. The minimum atomic E-state index is -4.73. The van der Waals surface area contributed by atoms with Crippen molar-refractivity contribution >= 4 is 11.8 Å². The molecule has 2 aromatic rings. The molecule has 0 bridgehead atoms. The van der Waals surface area contributed by atoms with E-state index in [1.807, 2.05) is 0 Å². The van der Waals surface area contributed by atoms with Crippen molar-refractivity contribution < 1.29 is 32.1 Å². The predicted molar refractivity (Wildman–Crippen MR) is 74.8 cm³/mol. The first-order chi connectivity index (χ1) is 11.8. The summed E-state index contributed by atoms with van der Waals surface area (Å²) in [4.78, 5) is 31.6. The molecule has 1 fully saturated rings. The van der Waals surface area contributed by atoms with Crippen LogP contribution in [-0.2, 0) is 15.8 Å². The molecule has 1 unspecified atom stereocenters. The fraction of sp³-hybridized carbons (Fsp3) is 0.286. The molecule has 2 N–H and O–H groups in total. The third-order valence-electron chi connectivity index (χ3n) is 3.44. The number of hydrogen-bond donors (Lipinski definition) is 2. The van der Waals surface area contributed by atoms with Crippen LogP contribution in [0.15, 0.2) is 22.7 Å². The lowest BCUT2D eigenvalue weighted by atomic mass is 10.0. The monoisotopic (exact) mass is 356 g/mol. The first-order valence-electron chi connectivity index (χ1n) is 7.00. The van der Waals surface area contributed by atoms with Gasteiger partial charge in [-0.2, -0.15) is 18.2 Å². The molecule has 1 saturated heterocycles. The highest BCUT2D eigenvalue weighted by molar-refractivity contribution is 5.99. The number of carbonyl (C=O) groups excluding carboxylic acids is 2. The Bertz CT molecular complexity index is 834. The summed E-state index contributed by atoms with van der Waals surface area (Å²) in [5.41, 5.74) is 3.09. The lowest BCUT2D eigenvalue weighted by Crippen LogP contribution is -2.41. The molecular weight excluding hydrogens is 345 g/mol. The highest BCUT2D eigenvalue weighted by Crippen LogP contribution is 2.29. The molecule has 132 valence electrons. The number of benzene rings is 1. The van der Waals surface area contributed by atoms with E-state index in [4.69, 9.17) is 4.84 Å². The Morgan fingerprint density at radius 3 is 2.72 bits per heavy atom. The number of alkyl halides is 3. The van der Waals surface area contributed by atoms with E-state index in [-0.39, 0.29) is 23.6 Å². The van der Waals surface area contributed by atoms with Gasteiger partial charge < -0.3 is 9.84 Å². The van der Waals surface area contributed by atoms with E-state index < -0.39 is 29.9 Å². The quantitative estimate of drug-likeness (QED) is 0.857. The molecule has 1 aliphatic heterocycles. The van der Waals surface area contributed by atoms with Gasteiger partial charge in [-0.05, 0) is 24.6 Å². The maximum atomic E-state index is 12.5. The summed E-state index contributed by atoms with van der Waals surface area (Å²) >= 11 is 0. The van der Waals surface area contributed by atoms with E-state index in [2.05, 4.69) is 25.5 Å². The number of amides is 2. The van der Waals surface area contributed by atoms with Gasteiger partial charge in [0.25, 0.3) is 11.8 Å². The largest absolute Gasteiger partial charge is 0.471 e. The minimum Gasteiger partial charge on any atom is -0.338 e. The van der Waals surface area contributed by atoms with Gasteiger partial charge in [0, 0.05) is 11.1 Å². The molecule has 25 heavy (non-hydrogen) atoms. The summed E-state index contributed by atoms with van der Waals surface area (Å²) < 4.78 is 41.7. The molecule has 1 aromatic heterocycles. The Balaban J connectivity index is 1.80. The number of halogens is 3. The van der Waals surface area contributed by atoms with Gasteiger partial charge in [0.05, 0.1) is 0 Å². The van der Waals surface area contributed by atoms with Gasteiger partial charge in [0.1, 0.15) is 12.6 Å². The molecule has 11 heteroatoms. The lowest BCUT2D eigenvalue weighted by Gasteiger charge is -2.11. The van der Waals surface area contributed by atoms with Crippen molar-refractivity contribution in [2.24, 2.45) is 0 Å². The van der Waals surface area contributed by atoms with Crippen LogP contribution < -0.4 is 10.8 Å². The zero-order valence-corrected chi connectivity index (χ0v) is 12.7. The Hall–Kier alpha value is -2.95. The maximum absolute atomic E-state index is 12.5. The van der Waals surface area contributed by atoms with Crippen molar-refractivity contribution in [1.29, 1.82) is 0 Å². The van der Waals surface area contributed by atoms with Gasteiger partial charge in [0.2, 0.25) is 5.82 Å². The average Bonchev–Trinajstić information content (AvgIpc) is 3.16. The summed E-state index contributed by atoms with van der Waals surface area (Å²) in [7, 11) is 0. The van der Waals surface area contributed by atoms with Gasteiger partial charge in [-0.15, -0.1) is 0 Å². The number of carbonyl (C=O) groups is 2. The van der Waals surface area contributed by atoms with Gasteiger partial charge in [-0.3, -0.25) is 14.4 Å². The van der Waals surface area contributed by atoms with Crippen LogP contribution >= 0.6 is 0 Å². The van der Waals surface area contributed by atoms with E-state index in [1.54, 1.807) is 6.92 Å². The van der Waals surface area contributed by atoms with E-state index in [9.17, 15) is 22.8 Å². The summed E-state index contributed by atoms with van der Waals surface area (Å²) in [6.07, 6.45) is -4.73. The van der Waals surface area contributed by atoms with Gasteiger partial charge in [-0.25, -0.2) is 5.48 Å². The van der Waals surface area contributed by atoms with E-state index in [0.29, 0.717) is 5.56 Å². The van der Waals surface area contributed by atoms with Crippen LogP contribution in [0.5, 0.6) is 0 Å². The Kier molecular flexibility index (Phi) is 4.17. The maximum Gasteiger partial charge on any atom is 0.471 e. The molecular formula is C14H11F3N4O4. The van der Waals surface area contributed by atoms with Crippen molar-refractivity contribution in [2.45, 2.75) is 19.1 Å². The zero-order chi connectivity index (χ0) is 18.2. The number of hydrogen-bond acceptors (Lipinski definition) is 6. The topological polar surface area (TPSA) is 106 Å². The first-order valence-corrected chi connectivity index (χ1v) is 7.00. The highest BCUT2D eigenvalue weighted by Gasteiger charge is 2.38. The molecule has 2 amide bonds. The summed E-state index contributed by atoms with van der Waals surface area (Å²) in [5, 5.41) is 5.78. The summed E-state index contributed by atoms with van der Waals surface area (Å²) in [6.45, 7) is 1.60. The molecule has 2 heterocycles. The normalized spacial score (nSPS) is 17.4. The van der Waals surface area contributed by atoms with Crippen LogP contribution in [-0.4, -0.2) is 34.6 Å². The SMILES string of the molecule is Cc1cc(-c2noc(C(F)(F)F)n2)ccc1C(=O)NC1CONC1=O. The molecule has 0 aliphatic carbocycles. The molecule has 1 aromatic carbocycles. The summed E-state index contributed by atoms with van der Waals surface area (Å²) in [5.74, 6) is -2.67. The molecule has 0 radical (unpaired) electrons. The number of nitrogens with one attached hydrogen (secondary N) is 2. The van der Waals surface area contributed by atoms with Gasteiger partial charge in [0.15, 0.2) is 0 Å². The lowest BCUT2D eigenvalue weighted by molar-refractivity contribution is -0.159. The Morgan fingerprint density at radius 1 is 1.40 bits per heavy atom. The van der Waals surface area contributed by atoms with Crippen LogP contribution in [0.25, 0.3) is 11.4 Å². The fourth-order valence-corrected chi connectivity index (χ4v) is 2.20. The van der Waals surface area contributed by atoms with Gasteiger partial charge >= 0.3 is 12.1 Å². The van der Waals surface area contributed by atoms with Crippen molar-refractivity contribution in [3.63, 3.8) is 0 Å². The second-order valence-electron chi connectivity index (χ2n) is 5.25. The Morgan fingerprint density at radius 2 is 2.16 bits per heavy atom. The van der Waals surface area contributed by atoms with Crippen LogP contribution in [0.4, 0.5) is 13.2 Å². The number of hydroxylamine groups is 1. The summed E-state index contributed by atoms with van der Waals surface area (Å²) in [6, 6.07) is 3.43. The third kappa shape index (κ3) is 3.45. The highest BCUT2D eigenvalue weighted by atomic mass is 19.4. The van der Waals surface area contributed by atoms with Crippen LogP contribution in [0.1, 0.15) is 21.8 Å². The minimum absolute atomic E-state index is 0.00475. The average molecular weight is 356 g/mol. The van der Waals surface area contributed by atoms with Crippen molar-refractivity contribution in [1.82, 2.24) is 20.9 Å². The van der Waals surface area contributed by atoms with Crippen molar-refractivity contribution in [3.8, 4) is 11.4 Å². The predicted octanol–water partition coefficient (Wildman–Crippen LogP) is 1.22. The second-order valence-corrected chi connectivity index (χ2v) is 5.25. The number of aryl methyl sites for hydroxylation is 1. The molecule has 1 aliphatic rings. The van der Waals surface area contributed by atoms with Crippen LogP contribution in [0, 0.1) is 6.92 Å². The number of aromatic nitrogens is 2. The van der Waals surface area contributed by atoms with Gasteiger partial charge in [-0.1, -0.05) is 11.2 Å². The molecule has 1 atom stereocenters. The van der Waals surface area contributed by atoms with Crippen LogP contribution in [0.2, 0.25) is 0 Å². The smallest absolute Gasteiger partial charge is 0.338 e. The standard InChI is InChI=1S/C14H11F3N4O4/c1-6-4-7(10-19-13(25-20-10)14(15,16)17)2-3-8(6)11(22)18-9-5-24-21-12(9)23/h2-4,9H,5H2,1H3,(H,18,22)(H,21,23). The van der Waals surface area contributed by atoms with E-state index in [0.717, 1.165) is 0 Å². The third-order valence-corrected chi connectivity index (χ3v) is 3.44. The zero-order valence-electron chi connectivity index (χ0n) is 12.7. The second kappa shape index (κ2) is 6.16. The first kappa shape index (κ1) is 16.9. The van der Waals surface area contributed by atoms with Crippen LogP contribution in [0.3, 0.4) is 0 Å².